The molecule has 112 valence electrons. The normalized spacial score (nSPS) is 11.9. The van der Waals surface area contributed by atoms with Gasteiger partial charge in [0.1, 0.15) is 0 Å². The summed E-state index contributed by atoms with van der Waals surface area (Å²) in [5.41, 5.74) is 7.78. The molecule has 0 spiro atoms. The molecule has 1 aromatic carbocycles. The minimum absolute atomic E-state index is 0.179. The molecule has 0 heterocycles. The third-order valence-electron chi connectivity index (χ3n) is 2.98. The first kappa shape index (κ1) is 16.7. The van der Waals surface area contributed by atoms with E-state index in [-0.39, 0.29) is 5.84 Å². The second-order valence-electron chi connectivity index (χ2n) is 5.00. The van der Waals surface area contributed by atoms with Crippen molar-refractivity contribution >= 4 is 23.3 Å². The van der Waals surface area contributed by atoms with Crippen molar-refractivity contribution in [2.75, 3.05) is 23.7 Å². The fourth-order valence-corrected chi connectivity index (χ4v) is 3.04. The van der Waals surface area contributed by atoms with E-state index in [9.17, 15) is 0 Å². The molecular weight excluding hydrogens is 270 g/mol. The zero-order valence-electron chi connectivity index (χ0n) is 12.8. The van der Waals surface area contributed by atoms with E-state index in [0.29, 0.717) is 5.92 Å². The molecule has 20 heavy (non-hydrogen) atoms. The van der Waals surface area contributed by atoms with Crippen LogP contribution in [-0.2, 0) is 0 Å². The summed E-state index contributed by atoms with van der Waals surface area (Å²) in [5, 5.41) is 12.3. The number of amidine groups is 1. The standard InChI is InChI=1S/C15H25N3OS/c1-5-18(10-11(3)4)12-8-7-9-13(20-6-2)14(12)15(16)17-19/h7-9,11,19H,5-6,10H2,1-4H3,(H2,16,17). The zero-order valence-corrected chi connectivity index (χ0v) is 13.6. The Balaban J connectivity index is 3.32. The van der Waals surface area contributed by atoms with Crippen LogP contribution in [0, 0.1) is 5.92 Å². The van der Waals surface area contributed by atoms with Crippen LogP contribution in [0.25, 0.3) is 0 Å². The van der Waals surface area contributed by atoms with Gasteiger partial charge in [0.2, 0.25) is 0 Å². The lowest BCUT2D eigenvalue weighted by molar-refractivity contribution is 0.318. The summed E-state index contributed by atoms with van der Waals surface area (Å²) in [7, 11) is 0. The Kier molecular flexibility index (Phi) is 6.71. The SMILES string of the molecule is CCSc1cccc(N(CC)CC(C)C)c1/C(N)=N/O. The van der Waals surface area contributed by atoms with Crippen LogP contribution in [0.5, 0.6) is 0 Å². The minimum Gasteiger partial charge on any atom is -0.409 e. The van der Waals surface area contributed by atoms with Gasteiger partial charge in [-0.25, -0.2) is 0 Å². The van der Waals surface area contributed by atoms with Crippen molar-refractivity contribution in [1.29, 1.82) is 0 Å². The lowest BCUT2D eigenvalue weighted by Gasteiger charge is -2.28. The average molecular weight is 295 g/mol. The first-order valence-corrected chi connectivity index (χ1v) is 8.02. The number of oxime groups is 1. The Morgan fingerprint density at radius 1 is 1.40 bits per heavy atom. The van der Waals surface area contributed by atoms with E-state index in [0.717, 1.165) is 35.0 Å². The van der Waals surface area contributed by atoms with Gasteiger partial charge in [-0.1, -0.05) is 32.0 Å². The molecule has 0 aliphatic carbocycles. The fraction of sp³-hybridized carbons (Fsp3) is 0.533. The zero-order chi connectivity index (χ0) is 15.1. The second-order valence-corrected chi connectivity index (χ2v) is 6.31. The van der Waals surface area contributed by atoms with Crippen molar-refractivity contribution in [2.24, 2.45) is 16.8 Å². The van der Waals surface area contributed by atoms with Gasteiger partial charge in [0.25, 0.3) is 0 Å². The molecule has 0 saturated heterocycles. The van der Waals surface area contributed by atoms with Crippen LogP contribution in [0.4, 0.5) is 5.69 Å². The molecule has 0 saturated carbocycles. The Hall–Kier alpha value is -1.36. The van der Waals surface area contributed by atoms with Crippen LogP contribution >= 0.6 is 11.8 Å². The summed E-state index contributed by atoms with van der Waals surface area (Å²) in [6.07, 6.45) is 0. The smallest absolute Gasteiger partial charge is 0.173 e. The van der Waals surface area contributed by atoms with Crippen molar-refractivity contribution in [3.05, 3.63) is 23.8 Å². The highest BCUT2D eigenvalue weighted by molar-refractivity contribution is 7.99. The number of benzene rings is 1. The third kappa shape index (κ3) is 4.07. The van der Waals surface area contributed by atoms with Gasteiger partial charge in [-0.2, -0.15) is 0 Å². The molecule has 3 N–H and O–H groups in total. The monoisotopic (exact) mass is 295 g/mol. The van der Waals surface area contributed by atoms with Gasteiger partial charge in [-0.15, -0.1) is 11.8 Å². The summed E-state index contributed by atoms with van der Waals surface area (Å²) in [4.78, 5) is 3.33. The highest BCUT2D eigenvalue weighted by atomic mass is 32.2. The highest BCUT2D eigenvalue weighted by Crippen LogP contribution is 2.31. The predicted molar refractivity (Wildman–Crippen MR) is 88.1 cm³/mol. The minimum atomic E-state index is 0.179. The van der Waals surface area contributed by atoms with Crippen LogP contribution in [0.1, 0.15) is 33.3 Å². The molecule has 1 rings (SSSR count). The maximum absolute atomic E-state index is 9.08. The first-order valence-electron chi connectivity index (χ1n) is 7.03. The molecule has 0 radical (unpaired) electrons. The molecule has 0 fully saturated rings. The molecule has 4 nitrogen and oxygen atoms in total. The molecule has 5 heteroatoms. The lowest BCUT2D eigenvalue weighted by Crippen LogP contribution is -2.30. The van der Waals surface area contributed by atoms with Crippen molar-refractivity contribution in [3.63, 3.8) is 0 Å². The number of anilines is 1. The van der Waals surface area contributed by atoms with Crippen LogP contribution < -0.4 is 10.6 Å². The number of hydrogen-bond acceptors (Lipinski definition) is 4. The first-order chi connectivity index (χ1) is 9.54. The second kappa shape index (κ2) is 8.04. The maximum Gasteiger partial charge on any atom is 0.173 e. The molecule has 0 aromatic heterocycles. The molecule has 0 bridgehead atoms. The van der Waals surface area contributed by atoms with Gasteiger partial charge >= 0.3 is 0 Å². The molecule has 0 aliphatic rings. The number of nitrogens with two attached hydrogens (primary N) is 1. The van der Waals surface area contributed by atoms with Gasteiger partial charge in [0.15, 0.2) is 5.84 Å². The number of hydrogen-bond donors (Lipinski definition) is 2. The highest BCUT2D eigenvalue weighted by Gasteiger charge is 2.17. The van der Waals surface area contributed by atoms with Gasteiger partial charge < -0.3 is 15.8 Å². The Bertz CT molecular complexity index is 460. The largest absolute Gasteiger partial charge is 0.409 e. The van der Waals surface area contributed by atoms with Crippen LogP contribution in [0.3, 0.4) is 0 Å². The van der Waals surface area contributed by atoms with E-state index in [1.807, 2.05) is 18.2 Å². The van der Waals surface area contributed by atoms with Crippen molar-refractivity contribution in [2.45, 2.75) is 32.6 Å². The number of thioether (sulfide) groups is 1. The molecule has 0 aliphatic heterocycles. The van der Waals surface area contributed by atoms with E-state index >= 15 is 0 Å². The number of nitrogens with zero attached hydrogens (tertiary/aromatic N) is 2. The maximum atomic E-state index is 9.08. The summed E-state index contributed by atoms with van der Waals surface area (Å²) in [5.74, 6) is 1.68. The average Bonchev–Trinajstić information content (AvgIpc) is 2.44. The van der Waals surface area contributed by atoms with Gasteiger partial charge in [-0.3, -0.25) is 0 Å². The van der Waals surface area contributed by atoms with Gasteiger partial charge in [-0.05, 0) is 30.7 Å². The molecule has 1 aromatic rings. The summed E-state index contributed by atoms with van der Waals surface area (Å²) in [6, 6.07) is 6.09. The van der Waals surface area contributed by atoms with Crippen LogP contribution in [0.15, 0.2) is 28.3 Å². The predicted octanol–water partition coefficient (Wildman–Crippen LogP) is 3.38. The van der Waals surface area contributed by atoms with Gasteiger partial charge in [0, 0.05) is 23.7 Å². The van der Waals surface area contributed by atoms with E-state index in [2.05, 4.69) is 37.8 Å². The van der Waals surface area contributed by atoms with Crippen LogP contribution in [-0.4, -0.2) is 29.9 Å². The summed E-state index contributed by atoms with van der Waals surface area (Å²) >= 11 is 1.71. The van der Waals surface area contributed by atoms with E-state index in [1.54, 1.807) is 11.8 Å². The van der Waals surface area contributed by atoms with Crippen LogP contribution in [0.2, 0.25) is 0 Å². The lowest BCUT2D eigenvalue weighted by atomic mass is 10.1. The summed E-state index contributed by atoms with van der Waals surface area (Å²) < 4.78 is 0. The molecule has 0 unspecified atom stereocenters. The van der Waals surface area contributed by atoms with E-state index in [4.69, 9.17) is 10.9 Å². The topological polar surface area (TPSA) is 61.8 Å². The Morgan fingerprint density at radius 3 is 2.60 bits per heavy atom. The third-order valence-corrected chi connectivity index (χ3v) is 3.92. The molecule has 0 atom stereocenters. The van der Waals surface area contributed by atoms with Gasteiger partial charge in [0.05, 0.1) is 5.56 Å². The van der Waals surface area contributed by atoms with Crippen molar-refractivity contribution in [1.82, 2.24) is 0 Å². The Labute approximate surface area is 126 Å². The summed E-state index contributed by atoms with van der Waals surface area (Å²) in [6.45, 7) is 10.4. The fourth-order valence-electron chi connectivity index (χ4n) is 2.20. The quantitative estimate of drug-likeness (QED) is 0.266. The molecule has 0 amide bonds. The van der Waals surface area contributed by atoms with Crippen molar-refractivity contribution in [3.8, 4) is 0 Å². The van der Waals surface area contributed by atoms with E-state index < -0.39 is 0 Å². The Morgan fingerprint density at radius 2 is 2.10 bits per heavy atom. The number of rotatable bonds is 7. The van der Waals surface area contributed by atoms with E-state index in [1.165, 1.54) is 0 Å². The van der Waals surface area contributed by atoms with Crippen molar-refractivity contribution < 1.29 is 5.21 Å². The molecular formula is C15H25N3OS.